The van der Waals surface area contributed by atoms with Gasteiger partial charge < -0.3 is 15.4 Å². The van der Waals surface area contributed by atoms with Gasteiger partial charge >= 0.3 is 6.03 Å². The van der Waals surface area contributed by atoms with Gasteiger partial charge in [0.25, 0.3) is 11.8 Å². The first kappa shape index (κ1) is 21.9. The van der Waals surface area contributed by atoms with E-state index in [1.165, 1.54) is 13.0 Å². The summed E-state index contributed by atoms with van der Waals surface area (Å²) in [5, 5.41) is 5.44. The summed E-state index contributed by atoms with van der Waals surface area (Å²) in [5.74, 6) is -1.53. The van der Waals surface area contributed by atoms with E-state index in [1.807, 2.05) is 25.1 Å². The second-order valence-electron chi connectivity index (χ2n) is 7.31. The molecule has 0 saturated carbocycles. The molecule has 31 heavy (non-hydrogen) atoms. The van der Waals surface area contributed by atoms with Crippen LogP contribution in [0, 0.1) is 6.92 Å². The molecule has 8 nitrogen and oxygen atoms in total. The van der Waals surface area contributed by atoms with Crippen molar-refractivity contribution >= 4 is 35.6 Å². The van der Waals surface area contributed by atoms with E-state index < -0.39 is 23.9 Å². The number of carbonyl (C=O) groups excluding carboxylic acids is 5. The van der Waals surface area contributed by atoms with E-state index >= 15 is 0 Å². The van der Waals surface area contributed by atoms with Gasteiger partial charge in [0.2, 0.25) is 0 Å². The first-order valence-electron chi connectivity index (χ1n) is 9.89. The van der Waals surface area contributed by atoms with Crippen LogP contribution in [0.4, 0.5) is 10.5 Å². The number of hydrogen-bond donors (Lipinski definition) is 2. The summed E-state index contributed by atoms with van der Waals surface area (Å²) in [5.41, 5.74) is 2.38. The third-order valence-corrected chi connectivity index (χ3v) is 5.20. The first-order valence-corrected chi connectivity index (χ1v) is 9.89. The number of nitrogens with zero attached hydrogens (tertiary/aromatic N) is 1. The van der Waals surface area contributed by atoms with E-state index in [2.05, 4.69) is 10.6 Å². The summed E-state index contributed by atoms with van der Waals surface area (Å²) in [4.78, 5) is 61.9. The third kappa shape index (κ3) is 4.53. The number of nitrogens with one attached hydrogen (secondary N) is 2. The molecule has 3 rings (SSSR count). The number of benzene rings is 2. The van der Waals surface area contributed by atoms with Crippen LogP contribution in [-0.2, 0) is 16.1 Å². The molecule has 0 aromatic heterocycles. The summed E-state index contributed by atoms with van der Waals surface area (Å²) in [6, 6.07) is 10.7. The van der Waals surface area contributed by atoms with Gasteiger partial charge in [0.1, 0.15) is 6.29 Å². The number of carbonyl (C=O) groups is 5. The fourth-order valence-electron chi connectivity index (χ4n) is 3.60. The van der Waals surface area contributed by atoms with Crippen molar-refractivity contribution in [3.63, 3.8) is 0 Å². The lowest BCUT2D eigenvalue weighted by Gasteiger charge is -2.23. The Bertz CT molecular complexity index is 1060. The number of fused-ring (bicyclic) bond motifs is 1. The molecule has 2 aromatic carbocycles. The molecule has 1 heterocycles. The van der Waals surface area contributed by atoms with Crippen LogP contribution in [0.3, 0.4) is 0 Å². The van der Waals surface area contributed by atoms with E-state index in [0.29, 0.717) is 17.5 Å². The summed E-state index contributed by atoms with van der Waals surface area (Å²) >= 11 is 0. The van der Waals surface area contributed by atoms with Crippen LogP contribution in [0.2, 0.25) is 0 Å². The average Bonchev–Trinajstić information content (AvgIpc) is 2.99. The maximum atomic E-state index is 13.1. The molecular formula is C23H23N3O5. The number of rotatable bonds is 8. The molecule has 0 bridgehead atoms. The quantitative estimate of drug-likeness (QED) is 0.503. The number of Topliss-reactive ketones (excluding diaryl/α,β-unsaturated/α-hetero) is 1. The number of aryl methyl sites for hydroxylation is 1. The lowest BCUT2D eigenvalue weighted by Crippen LogP contribution is -2.44. The minimum absolute atomic E-state index is 0.0207. The molecular weight excluding hydrogens is 398 g/mol. The monoisotopic (exact) mass is 421 g/mol. The van der Waals surface area contributed by atoms with Crippen molar-refractivity contribution in [1.29, 1.82) is 0 Å². The lowest BCUT2D eigenvalue weighted by molar-refractivity contribution is -0.121. The predicted molar refractivity (Wildman–Crippen MR) is 114 cm³/mol. The molecule has 0 saturated heterocycles. The number of hydrogen-bond acceptors (Lipinski definition) is 5. The van der Waals surface area contributed by atoms with Crippen molar-refractivity contribution in [3.05, 3.63) is 64.7 Å². The Morgan fingerprint density at radius 2 is 1.81 bits per heavy atom. The highest BCUT2D eigenvalue weighted by Crippen LogP contribution is 2.29. The van der Waals surface area contributed by atoms with Gasteiger partial charge in [0.05, 0.1) is 17.2 Å². The Morgan fingerprint density at radius 1 is 1.06 bits per heavy atom. The van der Waals surface area contributed by atoms with Crippen LogP contribution in [0.1, 0.15) is 51.6 Å². The molecule has 1 unspecified atom stereocenters. The standard InChI is InChI=1S/C23H23N3O5/c1-14-7-3-4-10-18(14)25-23(31)24-13-16-8-5-9-17-20(16)22(30)26(21(17)29)19(15(2)28)11-6-12-27/h3-5,7-10,12,19H,6,11,13H2,1-2H3,(H2,24,25,31). The second kappa shape index (κ2) is 9.34. The highest BCUT2D eigenvalue weighted by molar-refractivity contribution is 6.23. The maximum Gasteiger partial charge on any atom is 0.319 e. The molecule has 160 valence electrons. The van der Waals surface area contributed by atoms with Crippen LogP contribution < -0.4 is 10.6 Å². The van der Waals surface area contributed by atoms with Crippen LogP contribution in [-0.4, -0.2) is 40.9 Å². The molecule has 0 fully saturated rings. The van der Waals surface area contributed by atoms with Crippen LogP contribution >= 0.6 is 0 Å². The zero-order valence-electron chi connectivity index (χ0n) is 17.3. The van der Waals surface area contributed by atoms with Gasteiger partial charge in [-0.3, -0.25) is 19.3 Å². The maximum absolute atomic E-state index is 13.1. The predicted octanol–water partition coefficient (Wildman–Crippen LogP) is 2.85. The van der Waals surface area contributed by atoms with Crippen molar-refractivity contribution in [2.24, 2.45) is 0 Å². The Kier molecular flexibility index (Phi) is 6.59. The summed E-state index contributed by atoms with van der Waals surface area (Å²) in [6.45, 7) is 3.18. The molecule has 1 aliphatic heterocycles. The van der Waals surface area contributed by atoms with Gasteiger partial charge in [0, 0.05) is 18.7 Å². The third-order valence-electron chi connectivity index (χ3n) is 5.20. The molecule has 0 spiro atoms. The first-order chi connectivity index (χ1) is 14.8. The van der Waals surface area contributed by atoms with Crippen molar-refractivity contribution < 1.29 is 24.0 Å². The minimum Gasteiger partial charge on any atom is -0.334 e. The van der Waals surface area contributed by atoms with E-state index in [0.717, 1.165) is 10.5 Å². The van der Waals surface area contributed by atoms with E-state index in [4.69, 9.17) is 0 Å². The smallest absolute Gasteiger partial charge is 0.319 e. The normalized spacial score (nSPS) is 13.5. The van der Waals surface area contributed by atoms with Gasteiger partial charge in [-0.25, -0.2) is 4.79 Å². The molecule has 1 atom stereocenters. The molecule has 4 amide bonds. The minimum atomic E-state index is -0.997. The van der Waals surface area contributed by atoms with Crippen LogP contribution in [0.25, 0.3) is 0 Å². The van der Waals surface area contributed by atoms with Crippen LogP contribution in [0.15, 0.2) is 42.5 Å². The molecule has 1 aliphatic rings. The van der Waals surface area contributed by atoms with Gasteiger partial charge in [0.15, 0.2) is 5.78 Å². The second-order valence-corrected chi connectivity index (χ2v) is 7.31. The summed E-state index contributed by atoms with van der Waals surface area (Å²) < 4.78 is 0. The van der Waals surface area contributed by atoms with E-state index in [9.17, 15) is 24.0 Å². The number of ketones is 1. The van der Waals surface area contributed by atoms with Gasteiger partial charge in [-0.1, -0.05) is 30.3 Å². The lowest BCUT2D eigenvalue weighted by atomic mass is 10.0. The Morgan fingerprint density at radius 3 is 2.48 bits per heavy atom. The molecule has 0 aliphatic carbocycles. The van der Waals surface area contributed by atoms with Crippen LogP contribution in [0.5, 0.6) is 0 Å². The fourth-order valence-corrected chi connectivity index (χ4v) is 3.60. The van der Waals surface area contributed by atoms with E-state index in [1.54, 1.807) is 18.2 Å². The Balaban J connectivity index is 1.78. The Hall–Kier alpha value is -3.81. The fraction of sp³-hybridized carbons (Fsp3) is 0.261. The zero-order valence-corrected chi connectivity index (χ0v) is 17.3. The topological polar surface area (TPSA) is 113 Å². The molecule has 0 radical (unpaired) electrons. The van der Waals surface area contributed by atoms with Crippen molar-refractivity contribution in [2.75, 3.05) is 5.32 Å². The number of imide groups is 1. The van der Waals surface area contributed by atoms with Gasteiger partial charge in [-0.15, -0.1) is 0 Å². The molecule has 8 heteroatoms. The van der Waals surface area contributed by atoms with Crippen molar-refractivity contribution in [3.8, 4) is 0 Å². The van der Waals surface area contributed by atoms with Gasteiger partial charge in [-0.2, -0.15) is 0 Å². The van der Waals surface area contributed by atoms with Gasteiger partial charge in [-0.05, 0) is 43.5 Å². The van der Waals surface area contributed by atoms with Crippen molar-refractivity contribution in [1.82, 2.24) is 10.2 Å². The summed E-state index contributed by atoms with van der Waals surface area (Å²) in [7, 11) is 0. The largest absolute Gasteiger partial charge is 0.334 e. The SMILES string of the molecule is CC(=O)C(CCC=O)N1C(=O)c2cccc(CNC(=O)Nc3ccccc3C)c2C1=O. The van der Waals surface area contributed by atoms with E-state index in [-0.39, 0.29) is 36.3 Å². The molecule has 2 N–H and O–H groups in total. The number of para-hydroxylation sites is 1. The number of aldehydes is 1. The zero-order chi connectivity index (χ0) is 22.5. The average molecular weight is 421 g/mol. The number of urea groups is 1. The highest BCUT2D eigenvalue weighted by Gasteiger charge is 2.42. The molecule has 2 aromatic rings. The highest BCUT2D eigenvalue weighted by atomic mass is 16.2. The number of anilines is 1. The van der Waals surface area contributed by atoms with Crippen molar-refractivity contribution in [2.45, 2.75) is 39.3 Å². The Labute approximate surface area is 179 Å². The number of amides is 4. The summed E-state index contributed by atoms with van der Waals surface area (Å²) in [6.07, 6.45) is 0.790.